The maximum atomic E-state index is 3.58. The Balaban J connectivity index is 2.21. The first kappa shape index (κ1) is 3.62. The van der Waals surface area contributed by atoms with E-state index in [2.05, 4.69) is 6.58 Å². The molecule has 0 atom stereocenters. The highest BCUT2D eigenvalue weighted by Crippen LogP contribution is 2.53. The molecule has 0 aromatic carbocycles. The van der Waals surface area contributed by atoms with Crippen LogP contribution in [0.2, 0.25) is 0 Å². The molecule has 0 aliphatic carbocycles. The fraction of sp³-hybridized carbons (Fsp3) is 0.333. The van der Waals surface area contributed by atoms with E-state index in [1.54, 1.807) is 0 Å². The van der Waals surface area contributed by atoms with E-state index in [0.29, 0.717) is 0 Å². The summed E-state index contributed by atoms with van der Waals surface area (Å²) in [5.74, 6) is 0. The minimum Gasteiger partial charge on any atom is -0.101 e. The average molecular weight is 104 g/mol. The summed E-state index contributed by atoms with van der Waals surface area (Å²) in [5, 5.41) is 0. The second-order valence-corrected chi connectivity index (χ2v) is 3.65. The minimum atomic E-state index is 0.731. The van der Waals surface area contributed by atoms with Crippen LogP contribution in [0.15, 0.2) is 12.7 Å². The quantitative estimate of drug-likeness (QED) is 0.283. The van der Waals surface area contributed by atoms with Crippen molar-refractivity contribution in [2.45, 2.75) is 4.58 Å². The van der Waals surface area contributed by atoms with Crippen LogP contribution in [0.3, 0.4) is 0 Å². The second kappa shape index (κ2) is 1.27. The van der Waals surface area contributed by atoms with Gasteiger partial charge in [0.15, 0.2) is 0 Å². The first-order chi connectivity index (χ1) is 2.43. The monoisotopic (exact) mass is 104 g/mol. The van der Waals surface area contributed by atoms with Gasteiger partial charge in [0, 0.05) is 0 Å². The average Bonchev–Trinajstić information content (AvgIpc) is 2.12. The van der Waals surface area contributed by atoms with Crippen LogP contribution >= 0.6 is 21.6 Å². The smallest absolute Gasteiger partial charge is 0.0887 e. The lowest BCUT2D eigenvalue weighted by Gasteiger charge is -1.57. The maximum Gasteiger partial charge on any atom is 0.0887 e. The van der Waals surface area contributed by atoms with Crippen molar-refractivity contribution in [2.24, 2.45) is 0 Å². The molecule has 0 aromatic heterocycles. The van der Waals surface area contributed by atoms with Crippen molar-refractivity contribution < 1.29 is 0 Å². The van der Waals surface area contributed by atoms with Gasteiger partial charge in [-0.1, -0.05) is 27.7 Å². The van der Waals surface area contributed by atoms with Gasteiger partial charge in [-0.2, -0.15) is 0 Å². The summed E-state index contributed by atoms with van der Waals surface area (Å²) >= 11 is 0. The third-order valence-electron chi connectivity index (χ3n) is 0.400. The third kappa shape index (κ3) is 0.893. The first-order valence-corrected chi connectivity index (χ1v) is 3.66. The van der Waals surface area contributed by atoms with Gasteiger partial charge in [-0.15, -0.1) is 6.58 Å². The molecule has 1 aliphatic rings. The summed E-state index contributed by atoms with van der Waals surface area (Å²) in [5.41, 5.74) is 0. The maximum absolute atomic E-state index is 3.58. The molecule has 0 radical (unpaired) electrons. The van der Waals surface area contributed by atoms with E-state index in [9.17, 15) is 0 Å². The molecule has 0 nitrogen and oxygen atoms in total. The Hall–Kier alpha value is 0.440. The van der Waals surface area contributed by atoms with E-state index in [1.807, 2.05) is 27.7 Å². The molecule has 0 saturated carbocycles. The lowest BCUT2D eigenvalue weighted by molar-refractivity contribution is 1.76. The Kier molecular flexibility index (Phi) is 0.918. The zero-order valence-corrected chi connectivity index (χ0v) is 4.31. The van der Waals surface area contributed by atoms with Crippen molar-refractivity contribution >= 4 is 21.6 Å². The molecule has 1 rings (SSSR count). The summed E-state index contributed by atoms with van der Waals surface area (Å²) in [6, 6.07) is 0. The molecular weight excluding hydrogens is 100 g/mol. The fourth-order valence-corrected chi connectivity index (χ4v) is 0.996. The van der Waals surface area contributed by atoms with Gasteiger partial charge in [0.2, 0.25) is 0 Å². The molecule has 0 unspecified atom stereocenters. The van der Waals surface area contributed by atoms with Crippen LogP contribution < -0.4 is 0 Å². The first-order valence-electron chi connectivity index (χ1n) is 1.38. The van der Waals surface area contributed by atoms with Crippen molar-refractivity contribution in [3.8, 4) is 0 Å². The molecule has 2 heteroatoms. The van der Waals surface area contributed by atoms with E-state index in [1.165, 1.54) is 0 Å². The molecule has 5 heavy (non-hydrogen) atoms. The fourth-order valence-electron chi connectivity index (χ4n) is 0.111. The van der Waals surface area contributed by atoms with Gasteiger partial charge in [0.25, 0.3) is 0 Å². The van der Waals surface area contributed by atoms with Crippen LogP contribution in [0.25, 0.3) is 0 Å². The van der Waals surface area contributed by atoms with Gasteiger partial charge in [-0.25, -0.2) is 0 Å². The molecule has 0 aromatic rings. The SMILES string of the molecule is C=CC1SS1. The normalized spacial score (nSPS) is 22.4. The third-order valence-corrected chi connectivity index (χ3v) is 2.44. The summed E-state index contributed by atoms with van der Waals surface area (Å²) < 4.78 is 0.731. The van der Waals surface area contributed by atoms with Gasteiger partial charge in [-0.05, 0) is 0 Å². The van der Waals surface area contributed by atoms with E-state index in [0.717, 1.165) is 4.58 Å². The van der Waals surface area contributed by atoms with E-state index in [-0.39, 0.29) is 0 Å². The molecule has 1 fully saturated rings. The summed E-state index contributed by atoms with van der Waals surface area (Å²) in [7, 11) is 3.73. The highest BCUT2D eigenvalue weighted by atomic mass is 33.2. The van der Waals surface area contributed by atoms with E-state index < -0.39 is 0 Å². The standard InChI is InChI=1S/C3H4S2/c1-2-3-4-5-3/h2-3H,1H2. The van der Waals surface area contributed by atoms with Gasteiger partial charge in [0.1, 0.15) is 0 Å². The predicted molar refractivity (Wildman–Crippen MR) is 29.2 cm³/mol. The Morgan fingerprint density at radius 3 is 2.20 bits per heavy atom. The molecule has 0 bridgehead atoms. The Morgan fingerprint density at radius 2 is 2.20 bits per heavy atom. The van der Waals surface area contributed by atoms with Gasteiger partial charge in [0.05, 0.1) is 4.58 Å². The van der Waals surface area contributed by atoms with Crippen molar-refractivity contribution in [1.29, 1.82) is 0 Å². The van der Waals surface area contributed by atoms with Crippen molar-refractivity contribution in [2.75, 3.05) is 0 Å². The van der Waals surface area contributed by atoms with Crippen LogP contribution in [-0.2, 0) is 0 Å². The molecular formula is C3H4S2. The zero-order chi connectivity index (χ0) is 3.70. The topological polar surface area (TPSA) is 0 Å². The second-order valence-electron chi connectivity index (χ2n) is 0.797. The molecule has 28 valence electrons. The van der Waals surface area contributed by atoms with Gasteiger partial charge >= 0.3 is 0 Å². The zero-order valence-electron chi connectivity index (χ0n) is 2.68. The lowest BCUT2D eigenvalue weighted by atomic mass is 10.8. The largest absolute Gasteiger partial charge is 0.101 e. The summed E-state index contributed by atoms with van der Waals surface area (Å²) in [6.45, 7) is 3.58. The van der Waals surface area contributed by atoms with Crippen molar-refractivity contribution in [3.05, 3.63) is 12.7 Å². The molecule has 1 aliphatic heterocycles. The molecule has 0 N–H and O–H groups in total. The van der Waals surface area contributed by atoms with Crippen LogP contribution in [0.1, 0.15) is 0 Å². The lowest BCUT2D eigenvalue weighted by Crippen LogP contribution is -1.54. The van der Waals surface area contributed by atoms with E-state index in [4.69, 9.17) is 0 Å². The van der Waals surface area contributed by atoms with Crippen LogP contribution in [-0.4, -0.2) is 4.58 Å². The van der Waals surface area contributed by atoms with Gasteiger partial charge < -0.3 is 0 Å². The predicted octanol–water partition coefficient (Wildman–Crippen LogP) is 1.89. The molecule has 0 spiro atoms. The Morgan fingerprint density at radius 1 is 1.60 bits per heavy atom. The summed E-state index contributed by atoms with van der Waals surface area (Å²) in [4.78, 5) is 0. The van der Waals surface area contributed by atoms with Gasteiger partial charge in [-0.3, -0.25) is 0 Å². The Labute approximate surface area is 39.4 Å². The van der Waals surface area contributed by atoms with Crippen molar-refractivity contribution in [3.63, 3.8) is 0 Å². The number of rotatable bonds is 1. The molecule has 1 heterocycles. The van der Waals surface area contributed by atoms with Crippen LogP contribution in [0.4, 0.5) is 0 Å². The summed E-state index contributed by atoms with van der Waals surface area (Å²) in [6.07, 6.45) is 1.95. The molecule has 1 saturated heterocycles. The minimum absolute atomic E-state index is 0.731. The van der Waals surface area contributed by atoms with Crippen molar-refractivity contribution in [1.82, 2.24) is 0 Å². The molecule has 0 amide bonds. The highest BCUT2D eigenvalue weighted by molar-refractivity contribution is 8.92. The van der Waals surface area contributed by atoms with E-state index >= 15 is 0 Å². The Bertz CT molecular complexity index is 46.9. The number of hydrogen-bond acceptors (Lipinski definition) is 2. The van der Waals surface area contributed by atoms with Crippen LogP contribution in [0.5, 0.6) is 0 Å². The van der Waals surface area contributed by atoms with Crippen LogP contribution in [0, 0.1) is 0 Å². The highest BCUT2D eigenvalue weighted by Gasteiger charge is 2.18. The number of hydrogen-bond donors (Lipinski definition) is 0.